The van der Waals surface area contributed by atoms with E-state index in [9.17, 15) is 9.18 Å². The third-order valence-electron chi connectivity index (χ3n) is 4.50. The SMILES string of the molecule is CNC(C)c1ccc(N2CC(C(N)=O)CCC2C)c(F)c1. The van der Waals surface area contributed by atoms with Crippen molar-refractivity contribution in [2.75, 3.05) is 18.5 Å². The largest absolute Gasteiger partial charge is 0.369 e. The summed E-state index contributed by atoms with van der Waals surface area (Å²) in [5.74, 6) is -0.740. The molecule has 0 aliphatic carbocycles. The summed E-state index contributed by atoms with van der Waals surface area (Å²) in [4.78, 5) is 13.4. The lowest BCUT2D eigenvalue weighted by atomic mass is 9.92. The zero-order chi connectivity index (χ0) is 15.6. The summed E-state index contributed by atoms with van der Waals surface area (Å²) in [5.41, 5.74) is 6.87. The van der Waals surface area contributed by atoms with Crippen LogP contribution in [0.1, 0.15) is 38.3 Å². The predicted octanol–water partition coefficient (Wildman–Crippen LogP) is 2.20. The van der Waals surface area contributed by atoms with Crippen LogP contribution >= 0.6 is 0 Å². The lowest BCUT2D eigenvalue weighted by Crippen LogP contribution is -2.46. The number of nitrogens with one attached hydrogen (secondary N) is 1. The van der Waals surface area contributed by atoms with Crippen LogP contribution in [0.25, 0.3) is 0 Å². The van der Waals surface area contributed by atoms with Crippen LogP contribution in [0.2, 0.25) is 0 Å². The van der Waals surface area contributed by atoms with Crippen molar-refractivity contribution in [3.05, 3.63) is 29.6 Å². The summed E-state index contributed by atoms with van der Waals surface area (Å²) >= 11 is 0. The number of halogens is 1. The van der Waals surface area contributed by atoms with Gasteiger partial charge in [-0.2, -0.15) is 0 Å². The molecule has 1 heterocycles. The highest BCUT2D eigenvalue weighted by molar-refractivity contribution is 5.77. The summed E-state index contributed by atoms with van der Waals surface area (Å²) in [6, 6.07) is 5.61. The van der Waals surface area contributed by atoms with Crippen molar-refractivity contribution in [3.8, 4) is 0 Å². The number of piperidine rings is 1. The first-order valence-electron chi connectivity index (χ1n) is 7.46. The van der Waals surface area contributed by atoms with Gasteiger partial charge in [-0.25, -0.2) is 4.39 Å². The van der Waals surface area contributed by atoms with Crippen molar-refractivity contribution in [2.24, 2.45) is 11.7 Å². The van der Waals surface area contributed by atoms with Gasteiger partial charge in [-0.05, 0) is 51.4 Å². The molecule has 1 aliphatic rings. The molecule has 3 unspecified atom stereocenters. The molecule has 1 aromatic rings. The minimum absolute atomic E-state index is 0.102. The minimum atomic E-state index is -0.298. The Kier molecular flexibility index (Phi) is 4.83. The summed E-state index contributed by atoms with van der Waals surface area (Å²) in [6.45, 7) is 4.54. The normalized spacial score (nSPS) is 23.9. The van der Waals surface area contributed by atoms with Crippen molar-refractivity contribution >= 4 is 11.6 Å². The van der Waals surface area contributed by atoms with Gasteiger partial charge >= 0.3 is 0 Å². The molecule has 3 N–H and O–H groups in total. The first-order chi connectivity index (χ1) is 9.93. The average Bonchev–Trinajstić information content (AvgIpc) is 2.47. The van der Waals surface area contributed by atoms with Gasteiger partial charge < -0.3 is 16.0 Å². The van der Waals surface area contributed by atoms with E-state index in [1.807, 2.05) is 24.9 Å². The van der Waals surface area contributed by atoms with Crippen molar-refractivity contribution in [1.82, 2.24) is 5.32 Å². The third kappa shape index (κ3) is 3.35. The molecular formula is C16H24FN3O. The molecule has 0 saturated carbocycles. The van der Waals surface area contributed by atoms with Gasteiger partial charge in [0, 0.05) is 18.6 Å². The first kappa shape index (κ1) is 15.8. The van der Waals surface area contributed by atoms with E-state index in [2.05, 4.69) is 12.2 Å². The maximum Gasteiger partial charge on any atom is 0.222 e. The number of nitrogens with zero attached hydrogens (tertiary/aromatic N) is 1. The topological polar surface area (TPSA) is 58.4 Å². The van der Waals surface area contributed by atoms with E-state index >= 15 is 0 Å². The zero-order valence-corrected chi connectivity index (χ0v) is 12.9. The number of hydrogen-bond donors (Lipinski definition) is 2. The van der Waals surface area contributed by atoms with Crippen molar-refractivity contribution < 1.29 is 9.18 Å². The molecule has 5 heteroatoms. The number of hydrogen-bond acceptors (Lipinski definition) is 3. The molecule has 1 amide bonds. The van der Waals surface area contributed by atoms with Crippen LogP contribution < -0.4 is 16.0 Å². The third-order valence-corrected chi connectivity index (χ3v) is 4.50. The van der Waals surface area contributed by atoms with Gasteiger partial charge in [-0.1, -0.05) is 6.07 Å². The van der Waals surface area contributed by atoms with Crippen LogP contribution in [0.4, 0.5) is 10.1 Å². The summed E-state index contributed by atoms with van der Waals surface area (Å²) in [5, 5.41) is 3.10. The van der Waals surface area contributed by atoms with E-state index in [0.29, 0.717) is 12.2 Å². The van der Waals surface area contributed by atoms with Gasteiger partial charge in [-0.3, -0.25) is 4.79 Å². The van der Waals surface area contributed by atoms with E-state index in [1.54, 1.807) is 12.1 Å². The Morgan fingerprint density at radius 2 is 2.19 bits per heavy atom. The van der Waals surface area contributed by atoms with E-state index in [4.69, 9.17) is 5.73 Å². The lowest BCUT2D eigenvalue weighted by Gasteiger charge is -2.38. The second-order valence-electron chi connectivity index (χ2n) is 5.90. The van der Waals surface area contributed by atoms with Crippen LogP contribution in [0.15, 0.2) is 18.2 Å². The van der Waals surface area contributed by atoms with Crippen molar-refractivity contribution in [3.63, 3.8) is 0 Å². The van der Waals surface area contributed by atoms with Crippen LogP contribution in [-0.4, -0.2) is 25.5 Å². The summed E-state index contributed by atoms with van der Waals surface area (Å²) in [7, 11) is 1.85. The Balaban J connectivity index is 2.25. The Labute approximate surface area is 125 Å². The molecule has 3 atom stereocenters. The quantitative estimate of drug-likeness (QED) is 0.894. The van der Waals surface area contributed by atoms with Gasteiger partial charge in [0.15, 0.2) is 0 Å². The number of nitrogens with two attached hydrogens (primary N) is 1. The summed E-state index contributed by atoms with van der Waals surface area (Å²) < 4.78 is 14.4. The molecular weight excluding hydrogens is 269 g/mol. The molecule has 1 aliphatic heterocycles. The summed E-state index contributed by atoms with van der Waals surface area (Å²) in [6.07, 6.45) is 1.63. The lowest BCUT2D eigenvalue weighted by molar-refractivity contribution is -0.122. The number of benzene rings is 1. The van der Waals surface area contributed by atoms with Crippen LogP contribution in [0.5, 0.6) is 0 Å². The number of carbonyl (C=O) groups is 1. The van der Waals surface area contributed by atoms with Crippen LogP contribution in [-0.2, 0) is 4.79 Å². The zero-order valence-electron chi connectivity index (χ0n) is 12.9. The number of carbonyl (C=O) groups excluding carboxylic acids is 1. The molecule has 0 aromatic heterocycles. The fraction of sp³-hybridized carbons (Fsp3) is 0.562. The van der Waals surface area contributed by atoms with E-state index < -0.39 is 0 Å². The van der Waals surface area contributed by atoms with E-state index in [0.717, 1.165) is 18.4 Å². The van der Waals surface area contributed by atoms with E-state index in [1.165, 1.54) is 0 Å². The second-order valence-corrected chi connectivity index (χ2v) is 5.90. The second kappa shape index (κ2) is 6.43. The Hall–Kier alpha value is -1.62. The monoisotopic (exact) mass is 293 g/mol. The molecule has 0 radical (unpaired) electrons. The number of primary amides is 1. The minimum Gasteiger partial charge on any atom is -0.369 e. The van der Waals surface area contributed by atoms with Gasteiger partial charge in [0.1, 0.15) is 5.82 Å². The molecule has 1 saturated heterocycles. The number of amides is 1. The highest BCUT2D eigenvalue weighted by Gasteiger charge is 2.30. The first-order valence-corrected chi connectivity index (χ1v) is 7.46. The maximum atomic E-state index is 14.4. The highest BCUT2D eigenvalue weighted by atomic mass is 19.1. The molecule has 1 aromatic carbocycles. The fourth-order valence-corrected chi connectivity index (χ4v) is 2.87. The molecule has 116 valence electrons. The Morgan fingerprint density at radius 1 is 1.48 bits per heavy atom. The van der Waals surface area contributed by atoms with Gasteiger partial charge in [-0.15, -0.1) is 0 Å². The molecule has 0 bridgehead atoms. The fourth-order valence-electron chi connectivity index (χ4n) is 2.87. The predicted molar refractivity (Wildman–Crippen MR) is 82.6 cm³/mol. The smallest absolute Gasteiger partial charge is 0.222 e. The average molecular weight is 293 g/mol. The number of rotatable bonds is 4. The molecule has 0 spiro atoms. The van der Waals surface area contributed by atoms with Gasteiger partial charge in [0.2, 0.25) is 5.91 Å². The highest BCUT2D eigenvalue weighted by Crippen LogP contribution is 2.30. The maximum absolute atomic E-state index is 14.4. The van der Waals surface area contributed by atoms with Crippen molar-refractivity contribution in [1.29, 1.82) is 0 Å². The van der Waals surface area contributed by atoms with Crippen LogP contribution in [0, 0.1) is 11.7 Å². The standard InChI is InChI=1S/C16H24FN3O/c1-10-4-5-13(16(18)21)9-20(10)15-7-6-12(8-14(15)17)11(2)19-3/h6-8,10-11,13,19H,4-5,9H2,1-3H3,(H2,18,21). The Bertz CT molecular complexity index is 520. The molecule has 1 fully saturated rings. The van der Waals surface area contributed by atoms with Crippen LogP contribution in [0.3, 0.4) is 0 Å². The molecule has 21 heavy (non-hydrogen) atoms. The van der Waals surface area contributed by atoms with Gasteiger partial charge in [0.05, 0.1) is 11.6 Å². The number of anilines is 1. The molecule has 2 rings (SSSR count). The molecule has 4 nitrogen and oxygen atoms in total. The van der Waals surface area contributed by atoms with Crippen molar-refractivity contribution in [2.45, 2.75) is 38.8 Å². The Morgan fingerprint density at radius 3 is 2.76 bits per heavy atom. The van der Waals surface area contributed by atoms with Gasteiger partial charge in [0.25, 0.3) is 0 Å². The van der Waals surface area contributed by atoms with E-state index in [-0.39, 0.29) is 29.7 Å².